The molecule has 25 heavy (non-hydrogen) atoms. The third kappa shape index (κ3) is 3.89. The Hall–Kier alpha value is -2.24. The van der Waals surface area contributed by atoms with Crippen molar-refractivity contribution in [2.75, 3.05) is 37.7 Å². The summed E-state index contributed by atoms with van der Waals surface area (Å²) in [5.41, 5.74) is 0.842. The van der Waals surface area contributed by atoms with Gasteiger partial charge in [-0.3, -0.25) is 9.69 Å². The maximum Gasteiger partial charge on any atom is 0.325 e. The van der Waals surface area contributed by atoms with Crippen LogP contribution in [0.15, 0.2) is 24.3 Å². The summed E-state index contributed by atoms with van der Waals surface area (Å²) in [6.45, 7) is 6.83. The lowest BCUT2D eigenvalue weighted by atomic mass is 10.0. The maximum absolute atomic E-state index is 12.7. The predicted octanol–water partition coefficient (Wildman–Crippen LogP) is 2.73. The van der Waals surface area contributed by atoms with Crippen LogP contribution in [0.25, 0.3) is 0 Å². The Labute approximate surface area is 149 Å². The van der Waals surface area contributed by atoms with E-state index < -0.39 is 0 Å². The fraction of sp³-hybridized carbons (Fsp3) is 0.579. The van der Waals surface area contributed by atoms with Crippen LogP contribution in [0.4, 0.5) is 10.5 Å². The molecule has 2 aliphatic heterocycles. The molecule has 1 aromatic rings. The highest BCUT2D eigenvalue weighted by Crippen LogP contribution is 2.24. The van der Waals surface area contributed by atoms with Crippen molar-refractivity contribution in [3.63, 3.8) is 0 Å². The van der Waals surface area contributed by atoms with E-state index in [-0.39, 0.29) is 24.5 Å². The van der Waals surface area contributed by atoms with Gasteiger partial charge in [-0.05, 0) is 57.4 Å². The summed E-state index contributed by atoms with van der Waals surface area (Å²) >= 11 is 0. The summed E-state index contributed by atoms with van der Waals surface area (Å²) in [4.78, 5) is 30.5. The van der Waals surface area contributed by atoms with E-state index in [1.165, 1.54) is 6.42 Å². The number of ether oxygens (including phenoxy) is 1. The molecule has 2 aliphatic rings. The summed E-state index contributed by atoms with van der Waals surface area (Å²) in [6.07, 6.45) is 3.29. The third-order valence-corrected chi connectivity index (χ3v) is 5.00. The molecule has 0 aromatic heterocycles. The molecule has 0 radical (unpaired) electrons. The first kappa shape index (κ1) is 17.6. The molecule has 1 aromatic carbocycles. The Morgan fingerprint density at radius 3 is 2.60 bits per heavy atom. The predicted molar refractivity (Wildman–Crippen MR) is 97.0 cm³/mol. The van der Waals surface area contributed by atoms with E-state index in [1.807, 2.05) is 36.1 Å². The van der Waals surface area contributed by atoms with Crippen LogP contribution in [0.1, 0.15) is 33.1 Å². The molecule has 2 heterocycles. The number of amides is 3. The molecule has 136 valence electrons. The average Bonchev–Trinajstić information content (AvgIpc) is 2.97. The maximum atomic E-state index is 12.7. The van der Waals surface area contributed by atoms with Gasteiger partial charge < -0.3 is 14.5 Å². The summed E-state index contributed by atoms with van der Waals surface area (Å²) in [5.74, 6) is 0.859. The van der Waals surface area contributed by atoms with Gasteiger partial charge in [-0.1, -0.05) is 0 Å². The lowest BCUT2D eigenvalue weighted by Gasteiger charge is -2.34. The first-order chi connectivity index (χ1) is 12.1. The van der Waals surface area contributed by atoms with Gasteiger partial charge in [0.05, 0.1) is 6.61 Å². The third-order valence-electron chi connectivity index (χ3n) is 5.00. The Kier molecular flexibility index (Phi) is 5.46. The summed E-state index contributed by atoms with van der Waals surface area (Å²) in [6, 6.07) is 7.70. The zero-order valence-electron chi connectivity index (χ0n) is 15.1. The first-order valence-electron chi connectivity index (χ1n) is 9.19. The Balaban J connectivity index is 1.60. The van der Waals surface area contributed by atoms with Crippen LogP contribution in [0.5, 0.6) is 5.75 Å². The molecule has 0 saturated carbocycles. The van der Waals surface area contributed by atoms with Gasteiger partial charge in [-0.2, -0.15) is 0 Å². The zero-order chi connectivity index (χ0) is 17.8. The van der Waals surface area contributed by atoms with Gasteiger partial charge in [0.1, 0.15) is 12.3 Å². The van der Waals surface area contributed by atoms with Crippen molar-refractivity contribution in [1.82, 2.24) is 9.80 Å². The molecule has 3 amide bonds. The molecular weight excluding hydrogens is 318 g/mol. The highest BCUT2D eigenvalue weighted by molar-refractivity contribution is 5.96. The van der Waals surface area contributed by atoms with E-state index in [0.717, 1.165) is 30.8 Å². The van der Waals surface area contributed by atoms with E-state index in [2.05, 4.69) is 6.92 Å². The van der Waals surface area contributed by atoms with Crippen molar-refractivity contribution in [1.29, 1.82) is 0 Å². The SMILES string of the molecule is CCOc1ccc(N2CCN(CC(=O)N3CCCCC3C)C2=O)cc1. The second kappa shape index (κ2) is 7.76. The van der Waals surface area contributed by atoms with E-state index in [4.69, 9.17) is 4.74 Å². The number of likely N-dealkylation sites (tertiary alicyclic amines) is 1. The standard InChI is InChI=1S/C19H27N3O3/c1-3-25-17-9-7-16(8-10-17)22-13-12-20(19(22)24)14-18(23)21-11-5-4-6-15(21)2/h7-10,15H,3-6,11-14H2,1-2H3. The Morgan fingerprint density at radius 2 is 1.92 bits per heavy atom. The number of carbonyl (C=O) groups is 2. The molecule has 0 N–H and O–H groups in total. The fourth-order valence-electron chi connectivity index (χ4n) is 3.58. The fourth-order valence-corrected chi connectivity index (χ4v) is 3.58. The first-order valence-corrected chi connectivity index (χ1v) is 9.19. The van der Waals surface area contributed by atoms with Gasteiger partial charge in [0.25, 0.3) is 0 Å². The molecule has 0 spiro atoms. The molecule has 2 fully saturated rings. The molecule has 0 bridgehead atoms. The number of hydrogen-bond acceptors (Lipinski definition) is 3. The average molecular weight is 345 g/mol. The minimum absolute atomic E-state index is 0.0640. The lowest BCUT2D eigenvalue weighted by molar-refractivity contribution is -0.134. The van der Waals surface area contributed by atoms with Crippen LogP contribution in [-0.4, -0.2) is 60.6 Å². The van der Waals surface area contributed by atoms with Crippen molar-refractivity contribution >= 4 is 17.6 Å². The molecule has 3 rings (SSSR count). The van der Waals surface area contributed by atoms with Crippen molar-refractivity contribution in [3.05, 3.63) is 24.3 Å². The highest BCUT2D eigenvalue weighted by Gasteiger charge is 2.33. The number of anilines is 1. The summed E-state index contributed by atoms with van der Waals surface area (Å²) in [5, 5.41) is 0. The van der Waals surface area contributed by atoms with Gasteiger partial charge >= 0.3 is 6.03 Å². The number of rotatable bonds is 5. The molecular formula is C19H27N3O3. The molecule has 1 unspecified atom stereocenters. The van der Waals surface area contributed by atoms with Crippen LogP contribution in [0.2, 0.25) is 0 Å². The van der Waals surface area contributed by atoms with Gasteiger partial charge in [0, 0.05) is 31.4 Å². The molecule has 1 atom stereocenters. The number of urea groups is 1. The number of hydrogen-bond donors (Lipinski definition) is 0. The van der Waals surface area contributed by atoms with E-state index >= 15 is 0 Å². The smallest absolute Gasteiger partial charge is 0.325 e. The summed E-state index contributed by atoms with van der Waals surface area (Å²) < 4.78 is 5.44. The second-order valence-electron chi connectivity index (χ2n) is 6.71. The van der Waals surface area contributed by atoms with E-state index in [1.54, 1.807) is 9.80 Å². The second-order valence-corrected chi connectivity index (χ2v) is 6.71. The van der Waals surface area contributed by atoms with Crippen molar-refractivity contribution in [3.8, 4) is 5.75 Å². The molecule has 2 saturated heterocycles. The van der Waals surface area contributed by atoms with E-state index in [9.17, 15) is 9.59 Å². The quantitative estimate of drug-likeness (QED) is 0.824. The molecule has 6 nitrogen and oxygen atoms in total. The van der Waals surface area contributed by atoms with Crippen LogP contribution >= 0.6 is 0 Å². The largest absolute Gasteiger partial charge is 0.494 e. The van der Waals surface area contributed by atoms with E-state index in [0.29, 0.717) is 19.7 Å². The monoisotopic (exact) mass is 345 g/mol. The minimum atomic E-state index is -0.0952. The number of nitrogens with zero attached hydrogens (tertiary/aromatic N) is 3. The van der Waals surface area contributed by atoms with Gasteiger partial charge in [-0.25, -0.2) is 4.79 Å². The van der Waals surface area contributed by atoms with Crippen LogP contribution < -0.4 is 9.64 Å². The normalized spacial score (nSPS) is 21.0. The van der Waals surface area contributed by atoms with Gasteiger partial charge in [0.2, 0.25) is 5.91 Å². The molecule has 6 heteroatoms. The van der Waals surface area contributed by atoms with Crippen molar-refractivity contribution < 1.29 is 14.3 Å². The Bertz CT molecular complexity index is 617. The van der Waals surface area contributed by atoms with Crippen molar-refractivity contribution in [2.24, 2.45) is 0 Å². The lowest BCUT2D eigenvalue weighted by Crippen LogP contribution is -2.47. The van der Waals surface area contributed by atoms with Crippen LogP contribution in [-0.2, 0) is 4.79 Å². The highest BCUT2D eigenvalue weighted by atomic mass is 16.5. The number of carbonyl (C=O) groups excluding carboxylic acids is 2. The zero-order valence-corrected chi connectivity index (χ0v) is 15.1. The number of benzene rings is 1. The Morgan fingerprint density at radius 1 is 1.16 bits per heavy atom. The minimum Gasteiger partial charge on any atom is -0.494 e. The van der Waals surface area contributed by atoms with Crippen LogP contribution in [0, 0.1) is 0 Å². The van der Waals surface area contributed by atoms with Gasteiger partial charge in [-0.15, -0.1) is 0 Å². The topological polar surface area (TPSA) is 53.1 Å². The summed E-state index contributed by atoms with van der Waals surface area (Å²) in [7, 11) is 0. The number of piperidine rings is 1. The molecule has 0 aliphatic carbocycles. The van der Waals surface area contributed by atoms with Crippen molar-refractivity contribution in [2.45, 2.75) is 39.2 Å². The van der Waals surface area contributed by atoms with Gasteiger partial charge in [0.15, 0.2) is 0 Å². The van der Waals surface area contributed by atoms with Crippen LogP contribution in [0.3, 0.4) is 0 Å².